The standard InChI is InChI=1S/C11H23N3O2S/c1-3-4-5-8(12)11(16)14-9(10(13)15)6-7-17-2/h8-9H,3-7,12H2,1-2H3,(H2,13,15)(H,14,16)/t8-,9+/m1/s1. The van der Waals surface area contributed by atoms with Gasteiger partial charge >= 0.3 is 0 Å². The Balaban J connectivity index is 4.15. The molecule has 5 nitrogen and oxygen atoms in total. The molecule has 0 fully saturated rings. The number of nitrogens with two attached hydrogens (primary N) is 2. The number of carbonyl (C=O) groups excluding carboxylic acids is 2. The van der Waals surface area contributed by atoms with E-state index in [1.807, 2.05) is 13.2 Å². The highest BCUT2D eigenvalue weighted by Crippen LogP contribution is 2.02. The van der Waals surface area contributed by atoms with E-state index in [0.29, 0.717) is 12.8 Å². The fourth-order valence-corrected chi connectivity index (χ4v) is 1.83. The van der Waals surface area contributed by atoms with Gasteiger partial charge in [-0.25, -0.2) is 0 Å². The van der Waals surface area contributed by atoms with Crippen molar-refractivity contribution in [3.63, 3.8) is 0 Å². The van der Waals surface area contributed by atoms with Crippen molar-refractivity contribution in [3.8, 4) is 0 Å². The first kappa shape index (κ1) is 16.2. The van der Waals surface area contributed by atoms with Gasteiger partial charge in [0.2, 0.25) is 11.8 Å². The van der Waals surface area contributed by atoms with Crippen LogP contribution in [0.5, 0.6) is 0 Å². The molecule has 0 unspecified atom stereocenters. The maximum Gasteiger partial charge on any atom is 0.240 e. The summed E-state index contributed by atoms with van der Waals surface area (Å²) in [6, 6.07) is -1.16. The zero-order valence-electron chi connectivity index (χ0n) is 10.6. The maximum absolute atomic E-state index is 11.7. The smallest absolute Gasteiger partial charge is 0.240 e. The summed E-state index contributed by atoms with van der Waals surface area (Å²) in [6.07, 6.45) is 5.01. The van der Waals surface area contributed by atoms with E-state index in [-0.39, 0.29) is 5.91 Å². The molecule has 0 aliphatic rings. The van der Waals surface area contributed by atoms with Crippen molar-refractivity contribution in [2.75, 3.05) is 12.0 Å². The van der Waals surface area contributed by atoms with Crippen molar-refractivity contribution in [2.24, 2.45) is 11.5 Å². The van der Waals surface area contributed by atoms with Crippen LogP contribution in [0, 0.1) is 0 Å². The Bertz CT molecular complexity index is 249. The molecule has 0 saturated carbocycles. The molecule has 2 atom stereocenters. The average Bonchev–Trinajstić information content (AvgIpc) is 2.30. The lowest BCUT2D eigenvalue weighted by Crippen LogP contribution is -2.50. The van der Waals surface area contributed by atoms with Gasteiger partial charge in [-0.2, -0.15) is 11.8 Å². The highest BCUT2D eigenvalue weighted by Gasteiger charge is 2.20. The first-order chi connectivity index (χ1) is 8.02. The third-order valence-electron chi connectivity index (χ3n) is 2.48. The summed E-state index contributed by atoms with van der Waals surface area (Å²) < 4.78 is 0. The molecule has 0 saturated heterocycles. The summed E-state index contributed by atoms with van der Waals surface area (Å²) >= 11 is 1.61. The van der Waals surface area contributed by atoms with Crippen LogP contribution in [0.3, 0.4) is 0 Å². The molecule has 100 valence electrons. The summed E-state index contributed by atoms with van der Waals surface area (Å²) in [6.45, 7) is 2.04. The number of nitrogens with one attached hydrogen (secondary N) is 1. The monoisotopic (exact) mass is 261 g/mol. The summed E-state index contributed by atoms with van der Waals surface area (Å²) in [5.74, 6) is -0.0172. The number of hydrogen-bond acceptors (Lipinski definition) is 4. The highest BCUT2D eigenvalue weighted by atomic mass is 32.2. The minimum Gasteiger partial charge on any atom is -0.368 e. The lowest BCUT2D eigenvalue weighted by molar-refractivity contribution is -0.128. The number of amides is 2. The molecule has 2 amide bonds. The molecule has 0 radical (unpaired) electrons. The van der Waals surface area contributed by atoms with Gasteiger partial charge in [-0.15, -0.1) is 0 Å². The number of thioether (sulfide) groups is 1. The molecule has 17 heavy (non-hydrogen) atoms. The van der Waals surface area contributed by atoms with E-state index in [9.17, 15) is 9.59 Å². The third-order valence-corrected chi connectivity index (χ3v) is 3.12. The molecule has 0 bridgehead atoms. The molecular weight excluding hydrogens is 238 g/mol. The first-order valence-electron chi connectivity index (χ1n) is 5.87. The van der Waals surface area contributed by atoms with Crippen LogP contribution in [0.4, 0.5) is 0 Å². The van der Waals surface area contributed by atoms with Crippen LogP contribution in [0.1, 0.15) is 32.6 Å². The lowest BCUT2D eigenvalue weighted by atomic mass is 10.1. The average molecular weight is 261 g/mol. The van der Waals surface area contributed by atoms with Crippen LogP contribution in [0.2, 0.25) is 0 Å². The zero-order chi connectivity index (χ0) is 13.3. The van der Waals surface area contributed by atoms with Gasteiger partial charge in [0.05, 0.1) is 6.04 Å². The topological polar surface area (TPSA) is 98.2 Å². The normalized spacial score (nSPS) is 14.1. The maximum atomic E-state index is 11.7. The third kappa shape index (κ3) is 7.23. The van der Waals surface area contributed by atoms with Gasteiger partial charge in [0.1, 0.15) is 6.04 Å². The summed E-state index contributed by atoms with van der Waals surface area (Å²) in [5, 5.41) is 2.61. The number of carbonyl (C=O) groups is 2. The largest absolute Gasteiger partial charge is 0.368 e. The summed E-state index contributed by atoms with van der Waals surface area (Å²) in [4.78, 5) is 22.8. The fourth-order valence-electron chi connectivity index (χ4n) is 1.36. The number of hydrogen-bond donors (Lipinski definition) is 3. The van der Waals surface area contributed by atoms with Crippen molar-refractivity contribution in [1.82, 2.24) is 5.32 Å². The number of primary amides is 1. The van der Waals surface area contributed by atoms with Gasteiger partial charge in [0, 0.05) is 0 Å². The molecule has 0 aromatic rings. The van der Waals surface area contributed by atoms with Crippen LogP contribution < -0.4 is 16.8 Å². The molecule has 0 aromatic heterocycles. The molecule has 0 aliphatic heterocycles. The minimum absolute atomic E-state index is 0.289. The second kappa shape index (κ2) is 9.30. The molecule has 0 aromatic carbocycles. The SMILES string of the molecule is CCCC[C@@H](N)C(=O)N[C@@H](CCSC)C(N)=O. The molecule has 0 heterocycles. The van der Waals surface area contributed by atoms with Crippen LogP contribution >= 0.6 is 11.8 Å². The molecule has 0 spiro atoms. The predicted octanol–water partition coefficient (Wildman–Crippen LogP) is 0.227. The van der Waals surface area contributed by atoms with Crippen molar-refractivity contribution < 1.29 is 9.59 Å². The first-order valence-corrected chi connectivity index (χ1v) is 7.26. The molecule has 0 rings (SSSR count). The van der Waals surface area contributed by atoms with E-state index in [1.165, 1.54) is 0 Å². The highest BCUT2D eigenvalue weighted by molar-refractivity contribution is 7.98. The Labute approximate surface area is 107 Å². The van der Waals surface area contributed by atoms with Gasteiger partial charge in [-0.05, 0) is 24.9 Å². The van der Waals surface area contributed by atoms with E-state index in [2.05, 4.69) is 5.32 Å². The predicted molar refractivity (Wildman–Crippen MR) is 71.6 cm³/mol. The van der Waals surface area contributed by atoms with Crippen molar-refractivity contribution >= 4 is 23.6 Å². The van der Waals surface area contributed by atoms with Crippen molar-refractivity contribution in [2.45, 2.75) is 44.7 Å². The minimum atomic E-state index is -0.609. The Hall–Kier alpha value is -0.750. The van der Waals surface area contributed by atoms with E-state index >= 15 is 0 Å². The number of rotatable bonds is 9. The van der Waals surface area contributed by atoms with E-state index < -0.39 is 18.0 Å². The van der Waals surface area contributed by atoms with Gasteiger partial charge in [0.15, 0.2) is 0 Å². The van der Waals surface area contributed by atoms with Gasteiger partial charge < -0.3 is 16.8 Å². The van der Waals surface area contributed by atoms with E-state index in [4.69, 9.17) is 11.5 Å². The number of unbranched alkanes of at least 4 members (excludes halogenated alkanes) is 1. The Morgan fingerprint density at radius 2 is 2.00 bits per heavy atom. The van der Waals surface area contributed by atoms with Crippen LogP contribution in [0.15, 0.2) is 0 Å². The van der Waals surface area contributed by atoms with E-state index in [0.717, 1.165) is 18.6 Å². The second-order valence-corrected chi connectivity index (χ2v) is 4.98. The zero-order valence-corrected chi connectivity index (χ0v) is 11.4. The summed E-state index contributed by atoms with van der Waals surface area (Å²) in [7, 11) is 0. The Morgan fingerprint density at radius 3 is 2.47 bits per heavy atom. The van der Waals surface area contributed by atoms with Crippen molar-refractivity contribution in [1.29, 1.82) is 0 Å². The van der Waals surface area contributed by atoms with Gasteiger partial charge in [0.25, 0.3) is 0 Å². The molecule has 6 heteroatoms. The van der Waals surface area contributed by atoms with Crippen LogP contribution in [-0.4, -0.2) is 35.9 Å². The quantitative estimate of drug-likeness (QED) is 0.553. The summed E-state index contributed by atoms with van der Waals surface area (Å²) in [5.41, 5.74) is 10.9. The van der Waals surface area contributed by atoms with Gasteiger partial charge in [-0.3, -0.25) is 9.59 Å². The lowest BCUT2D eigenvalue weighted by Gasteiger charge is -2.18. The molecular formula is C11H23N3O2S. The van der Waals surface area contributed by atoms with Crippen molar-refractivity contribution in [3.05, 3.63) is 0 Å². The molecule has 0 aliphatic carbocycles. The van der Waals surface area contributed by atoms with Crippen LogP contribution in [-0.2, 0) is 9.59 Å². The molecule has 5 N–H and O–H groups in total. The Kier molecular flexibility index (Phi) is 8.89. The Morgan fingerprint density at radius 1 is 1.35 bits per heavy atom. The fraction of sp³-hybridized carbons (Fsp3) is 0.818. The second-order valence-electron chi connectivity index (χ2n) is 3.99. The van der Waals surface area contributed by atoms with Crippen LogP contribution in [0.25, 0.3) is 0 Å². The van der Waals surface area contributed by atoms with E-state index in [1.54, 1.807) is 11.8 Å². The van der Waals surface area contributed by atoms with Gasteiger partial charge in [-0.1, -0.05) is 19.8 Å².